The zero-order valence-corrected chi connectivity index (χ0v) is 18.8. The number of nitrogens with zero attached hydrogens (tertiary/aromatic N) is 3. The number of carbonyl (C=O) groups excluding carboxylic acids is 2. The summed E-state index contributed by atoms with van der Waals surface area (Å²) in [6.45, 7) is 6.17. The van der Waals surface area contributed by atoms with Crippen LogP contribution in [0.1, 0.15) is 47.2 Å². The Hall–Kier alpha value is -3.65. The molecule has 2 aromatic heterocycles. The van der Waals surface area contributed by atoms with E-state index in [1.165, 1.54) is 7.11 Å². The average Bonchev–Trinajstić information content (AvgIpc) is 3.33. The van der Waals surface area contributed by atoms with Crippen LogP contribution in [-0.4, -0.2) is 38.8 Å². The Morgan fingerprint density at radius 1 is 1.09 bits per heavy atom. The number of hydrogen-bond donors (Lipinski definition) is 2. The van der Waals surface area contributed by atoms with Crippen molar-refractivity contribution in [1.29, 1.82) is 0 Å². The predicted octanol–water partition coefficient (Wildman–Crippen LogP) is 4.71. The highest BCUT2D eigenvalue weighted by Gasteiger charge is 2.24. The Labute approximate surface area is 189 Å². The maximum Gasteiger partial charge on any atom is 0.337 e. The number of ether oxygens (including phenoxy) is 1. The van der Waals surface area contributed by atoms with E-state index in [-0.39, 0.29) is 11.3 Å². The minimum absolute atomic E-state index is 0.168. The number of anilines is 1. The summed E-state index contributed by atoms with van der Waals surface area (Å²) < 4.78 is 6.23. The van der Waals surface area contributed by atoms with Gasteiger partial charge >= 0.3 is 5.97 Å². The molecule has 0 atom stereocenters. The van der Waals surface area contributed by atoms with Crippen molar-refractivity contribution in [2.45, 2.75) is 26.2 Å². The van der Waals surface area contributed by atoms with Crippen LogP contribution in [0.25, 0.3) is 17.0 Å². The second-order valence-corrected chi connectivity index (χ2v) is 8.70. The van der Waals surface area contributed by atoms with Crippen LogP contribution in [0.4, 0.5) is 5.69 Å². The Bertz CT molecular complexity index is 1320. The van der Waals surface area contributed by atoms with Gasteiger partial charge in [-0.1, -0.05) is 44.5 Å². The van der Waals surface area contributed by atoms with E-state index < -0.39 is 5.97 Å². The first-order chi connectivity index (χ1) is 15.2. The predicted molar refractivity (Wildman–Crippen MR) is 122 cm³/mol. The monoisotopic (exact) mass is 451 g/mol. The summed E-state index contributed by atoms with van der Waals surface area (Å²) in [5, 5.41) is 11.1. The standard InChI is InChI=1S/C23H22ClN5O3/c1-23(2,3)18-17(24)20-26-19(28-29(20)27-18)15-6-5-7-16(12-15)25-21(30)13-8-10-14(11-9-13)22(31)32-4/h5-12,27H,1-4H3,(H,25,30). The number of aromatic nitrogens is 4. The highest BCUT2D eigenvalue weighted by Crippen LogP contribution is 2.32. The SMILES string of the molecule is COC(=O)c1ccc(C(=O)Nc2cccc(-c3nc4c(Cl)c(C(C)(C)C)[nH]n4n3)c2)cc1. The van der Waals surface area contributed by atoms with Crippen LogP contribution in [0.5, 0.6) is 0 Å². The van der Waals surface area contributed by atoms with Crippen molar-refractivity contribution >= 4 is 34.8 Å². The number of methoxy groups -OCH3 is 1. The highest BCUT2D eigenvalue weighted by atomic mass is 35.5. The molecule has 0 unspecified atom stereocenters. The highest BCUT2D eigenvalue weighted by molar-refractivity contribution is 6.34. The van der Waals surface area contributed by atoms with Gasteiger partial charge in [-0.25, -0.2) is 9.78 Å². The lowest BCUT2D eigenvalue weighted by atomic mass is 9.92. The molecule has 0 bridgehead atoms. The minimum Gasteiger partial charge on any atom is -0.465 e. The van der Waals surface area contributed by atoms with Gasteiger partial charge in [0.15, 0.2) is 11.5 Å². The van der Waals surface area contributed by atoms with Crippen molar-refractivity contribution in [2.24, 2.45) is 0 Å². The molecule has 0 saturated carbocycles. The van der Waals surface area contributed by atoms with Crippen LogP contribution in [0.3, 0.4) is 0 Å². The van der Waals surface area contributed by atoms with Crippen molar-refractivity contribution in [3.05, 3.63) is 70.4 Å². The van der Waals surface area contributed by atoms with Gasteiger partial charge < -0.3 is 10.1 Å². The van der Waals surface area contributed by atoms with Crippen molar-refractivity contribution < 1.29 is 14.3 Å². The molecular weight excluding hydrogens is 430 g/mol. The molecule has 0 saturated heterocycles. The van der Waals surface area contributed by atoms with Crippen molar-refractivity contribution in [2.75, 3.05) is 12.4 Å². The van der Waals surface area contributed by atoms with Crippen LogP contribution in [-0.2, 0) is 10.2 Å². The second-order valence-electron chi connectivity index (χ2n) is 8.33. The second kappa shape index (κ2) is 8.12. The smallest absolute Gasteiger partial charge is 0.337 e. The summed E-state index contributed by atoms with van der Waals surface area (Å²) in [6, 6.07) is 13.5. The average molecular weight is 452 g/mol. The van der Waals surface area contributed by atoms with E-state index >= 15 is 0 Å². The Kier molecular flexibility index (Phi) is 5.48. The Balaban J connectivity index is 1.56. The van der Waals surface area contributed by atoms with Crippen LogP contribution in [0.15, 0.2) is 48.5 Å². The number of aromatic amines is 1. The first kappa shape index (κ1) is 21.6. The van der Waals surface area contributed by atoms with Crippen LogP contribution >= 0.6 is 11.6 Å². The number of rotatable bonds is 4. The summed E-state index contributed by atoms with van der Waals surface area (Å²) in [7, 11) is 1.31. The van der Waals surface area contributed by atoms with Gasteiger partial charge in [0.05, 0.1) is 18.4 Å². The fourth-order valence-electron chi connectivity index (χ4n) is 3.23. The molecule has 4 rings (SSSR count). The lowest BCUT2D eigenvalue weighted by molar-refractivity contribution is 0.0600. The number of benzene rings is 2. The molecule has 2 aromatic carbocycles. The van der Waals surface area contributed by atoms with Gasteiger partial charge in [0, 0.05) is 22.2 Å². The first-order valence-electron chi connectivity index (χ1n) is 9.92. The zero-order chi connectivity index (χ0) is 23.0. The third kappa shape index (κ3) is 4.09. The van der Waals surface area contributed by atoms with Crippen LogP contribution < -0.4 is 5.32 Å². The Morgan fingerprint density at radius 3 is 2.41 bits per heavy atom. The quantitative estimate of drug-likeness (QED) is 0.437. The summed E-state index contributed by atoms with van der Waals surface area (Å²) in [5.41, 5.74) is 3.35. The zero-order valence-electron chi connectivity index (χ0n) is 18.1. The molecule has 0 aliphatic rings. The van der Waals surface area contributed by atoms with Gasteiger partial charge in [-0.2, -0.15) is 4.63 Å². The molecule has 0 radical (unpaired) electrons. The van der Waals surface area contributed by atoms with Crippen molar-refractivity contribution in [1.82, 2.24) is 19.8 Å². The van der Waals surface area contributed by atoms with Crippen molar-refractivity contribution in [3.63, 3.8) is 0 Å². The van der Waals surface area contributed by atoms with E-state index in [9.17, 15) is 9.59 Å². The first-order valence-corrected chi connectivity index (χ1v) is 10.3. The summed E-state index contributed by atoms with van der Waals surface area (Å²) >= 11 is 6.51. The van der Waals surface area contributed by atoms with E-state index in [0.717, 1.165) is 11.3 Å². The molecule has 4 aromatic rings. The number of H-pyrrole nitrogens is 1. The Morgan fingerprint density at radius 2 is 1.78 bits per heavy atom. The minimum atomic E-state index is -0.455. The van der Waals surface area contributed by atoms with Gasteiger partial charge in [-0.15, -0.1) is 5.10 Å². The number of amides is 1. The van der Waals surface area contributed by atoms with Crippen LogP contribution in [0, 0.1) is 0 Å². The van der Waals surface area contributed by atoms with Gasteiger partial charge in [-0.05, 0) is 36.4 Å². The van der Waals surface area contributed by atoms with Crippen LogP contribution in [0.2, 0.25) is 5.02 Å². The molecule has 2 heterocycles. The molecule has 0 aliphatic heterocycles. The maximum atomic E-state index is 12.6. The third-order valence-corrected chi connectivity index (χ3v) is 5.30. The molecular formula is C23H22ClN5O3. The molecule has 9 heteroatoms. The van der Waals surface area contributed by atoms with Gasteiger partial charge in [0.2, 0.25) is 0 Å². The number of fused-ring (bicyclic) bond motifs is 1. The summed E-state index contributed by atoms with van der Waals surface area (Å²) in [5.74, 6) is -0.276. The lowest BCUT2D eigenvalue weighted by Crippen LogP contribution is -2.13. The molecule has 1 amide bonds. The summed E-state index contributed by atoms with van der Waals surface area (Å²) in [4.78, 5) is 28.7. The van der Waals surface area contributed by atoms with Gasteiger partial charge in [0.1, 0.15) is 5.02 Å². The number of hydrogen-bond acceptors (Lipinski definition) is 5. The van der Waals surface area contributed by atoms with E-state index in [1.807, 2.05) is 12.1 Å². The third-order valence-electron chi connectivity index (χ3n) is 4.94. The number of halogens is 1. The fraction of sp³-hybridized carbons (Fsp3) is 0.217. The number of nitrogens with one attached hydrogen (secondary N) is 2. The summed E-state index contributed by atoms with van der Waals surface area (Å²) in [6.07, 6.45) is 0. The normalized spacial score (nSPS) is 11.5. The largest absolute Gasteiger partial charge is 0.465 e. The molecule has 8 nitrogen and oxygen atoms in total. The molecule has 32 heavy (non-hydrogen) atoms. The number of esters is 1. The molecule has 0 spiro atoms. The number of carbonyl (C=O) groups is 2. The molecule has 0 fully saturated rings. The molecule has 164 valence electrons. The van der Waals surface area contributed by atoms with Gasteiger partial charge in [0.25, 0.3) is 5.91 Å². The van der Waals surface area contributed by atoms with E-state index in [4.69, 9.17) is 11.6 Å². The lowest BCUT2D eigenvalue weighted by Gasteiger charge is -2.16. The van der Waals surface area contributed by atoms with E-state index in [2.05, 4.69) is 46.0 Å². The maximum absolute atomic E-state index is 12.6. The van der Waals surface area contributed by atoms with Crippen molar-refractivity contribution in [3.8, 4) is 11.4 Å². The molecule has 0 aliphatic carbocycles. The molecule has 2 N–H and O–H groups in total. The van der Waals surface area contributed by atoms with E-state index in [1.54, 1.807) is 41.0 Å². The topological polar surface area (TPSA) is 101 Å². The van der Waals surface area contributed by atoms with E-state index in [0.29, 0.717) is 33.3 Å². The van der Waals surface area contributed by atoms with Gasteiger partial charge in [-0.3, -0.25) is 9.89 Å². The fourth-order valence-corrected chi connectivity index (χ4v) is 3.68.